The molecule has 3 aliphatic heterocycles. The highest BCUT2D eigenvalue weighted by molar-refractivity contribution is 7.99. The molecule has 0 aliphatic carbocycles. The summed E-state index contributed by atoms with van der Waals surface area (Å²) in [5.74, 6) is 2.50. The van der Waals surface area contributed by atoms with Crippen molar-refractivity contribution < 1.29 is 9.59 Å². The van der Waals surface area contributed by atoms with Gasteiger partial charge in [-0.05, 0) is 24.5 Å². The molecule has 0 saturated carbocycles. The van der Waals surface area contributed by atoms with Crippen molar-refractivity contribution in [1.82, 2.24) is 10.2 Å². The monoisotopic (exact) mass is 345 g/mol. The highest BCUT2D eigenvalue weighted by atomic mass is 32.2. The van der Waals surface area contributed by atoms with E-state index in [4.69, 9.17) is 0 Å². The zero-order chi connectivity index (χ0) is 16.5. The van der Waals surface area contributed by atoms with Crippen LogP contribution in [0.5, 0.6) is 0 Å². The summed E-state index contributed by atoms with van der Waals surface area (Å²) in [6.45, 7) is 2.43. The van der Waals surface area contributed by atoms with Gasteiger partial charge in [-0.3, -0.25) is 14.9 Å². The molecule has 1 unspecified atom stereocenters. The summed E-state index contributed by atoms with van der Waals surface area (Å²) in [6.07, 6.45) is 2.60. The highest BCUT2D eigenvalue weighted by Gasteiger charge is 2.36. The molecule has 1 aromatic rings. The van der Waals surface area contributed by atoms with Crippen LogP contribution in [0, 0.1) is 0 Å². The van der Waals surface area contributed by atoms with Crippen LogP contribution in [-0.4, -0.2) is 54.0 Å². The first-order valence-corrected chi connectivity index (χ1v) is 9.89. The maximum Gasteiger partial charge on any atom is 0.245 e. The SMILES string of the molecule is O=C1CCCN1CCC1CN(C(=O)[C@H]2CSCN2)c2ccccc21. The van der Waals surface area contributed by atoms with Gasteiger partial charge in [0.25, 0.3) is 0 Å². The quantitative estimate of drug-likeness (QED) is 0.904. The van der Waals surface area contributed by atoms with Gasteiger partial charge in [0, 0.05) is 49.3 Å². The third-order valence-electron chi connectivity index (χ3n) is 5.27. The van der Waals surface area contributed by atoms with Crippen LogP contribution in [0.3, 0.4) is 0 Å². The molecule has 0 bridgehead atoms. The Balaban J connectivity index is 1.48. The molecular formula is C18H23N3O2S. The zero-order valence-electron chi connectivity index (χ0n) is 13.7. The van der Waals surface area contributed by atoms with Gasteiger partial charge in [-0.2, -0.15) is 0 Å². The Bertz CT molecular complexity index is 645. The molecule has 0 aromatic heterocycles. The second-order valence-corrected chi connectivity index (χ2v) is 7.78. The fraction of sp³-hybridized carbons (Fsp3) is 0.556. The number of carbonyl (C=O) groups excluding carboxylic acids is 2. The van der Waals surface area contributed by atoms with Crippen molar-refractivity contribution in [1.29, 1.82) is 0 Å². The van der Waals surface area contributed by atoms with Crippen molar-refractivity contribution in [3.05, 3.63) is 29.8 Å². The number of nitrogens with one attached hydrogen (secondary N) is 1. The van der Waals surface area contributed by atoms with Crippen LogP contribution in [0.4, 0.5) is 5.69 Å². The van der Waals surface area contributed by atoms with Crippen molar-refractivity contribution in [2.45, 2.75) is 31.2 Å². The number of rotatable bonds is 4. The van der Waals surface area contributed by atoms with Gasteiger partial charge in [0.15, 0.2) is 0 Å². The predicted molar refractivity (Wildman–Crippen MR) is 96.2 cm³/mol. The summed E-state index contributed by atoms with van der Waals surface area (Å²) in [7, 11) is 0. The van der Waals surface area contributed by atoms with E-state index < -0.39 is 0 Å². The first kappa shape index (κ1) is 16.0. The van der Waals surface area contributed by atoms with Crippen molar-refractivity contribution >= 4 is 29.3 Å². The van der Waals surface area contributed by atoms with Gasteiger partial charge in [-0.15, -0.1) is 11.8 Å². The van der Waals surface area contributed by atoms with Crippen LogP contribution in [0.25, 0.3) is 0 Å². The third-order valence-corrected chi connectivity index (χ3v) is 6.21. The average molecular weight is 345 g/mol. The van der Waals surface area contributed by atoms with E-state index in [0.29, 0.717) is 12.3 Å². The third kappa shape index (κ3) is 2.93. The minimum absolute atomic E-state index is 0.0676. The predicted octanol–water partition coefficient (Wildman–Crippen LogP) is 1.79. The van der Waals surface area contributed by atoms with Crippen LogP contribution >= 0.6 is 11.8 Å². The first-order valence-electron chi connectivity index (χ1n) is 8.73. The van der Waals surface area contributed by atoms with E-state index in [1.54, 1.807) is 11.8 Å². The minimum Gasteiger partial charge on any atom is -0.343 e. The van der Waals surface area contributed by atoms with Crippen LogP contribution in [0.1, 0.15) is 30.7 Å². The number of anilines is 1. The Hall–Kier alpha value is -1.53. The highest BCUT2D eigenvalue weighted by Crippen LogP contribution is 2.38. The molecule has 2 amide bonds. The number of amides is 2. The lowest BCUT2D eigenvalue weighted by Gasteiger charge is -2.22. The van der Waals surface area contributed by atoms with Gasteiger partial charge in [-0.25, -0.2) is 0 Å². The number of thioether (sulfide) groups is 1. The molecule has 3 aliphatic rings. The maximum atomic E-state index is 12.9. The summed E-state index contributed by atoms with van der Waals surface area (Å²) in [5.41, 5.74) is 2.31. The summed E-state index contributed by atoms with van der Waals surface area (Å²) in [4.78, 5) is 28.6. The van der Waals surface area contributed by atoms with Gasteiger partial charge in [-0.1, -0.05) is 18.2 Å². The Morgan fingerprint density at radius 3 is 2.96 bits per heavy atom. The van der Waals surface area contributed by atoms with Crippen molar-refractivity contribution in [2.75, 3.05) is 36.2 Å². The molecule has 2 saturated heterocycles. The zero-order valence-corrected chi connectivity index (χ0v) is 14.6. The Kier molecular flexibility index (Phi) is 4.50. The Morgan fingerprint density at radius 1 is 1.33 bits per heavy atom. The molecule has 6 heteroatoms. The number of carbonyl (C=O) groups is 2. The van der Waals surface area contributed by atoms with Gasteiger partial charge in [0.05, 0.1) is 6.04 Å². The molecule has 2 fully saturated rings. The van der Waals surface area contributed by atoms with Crippen molar-refractivity contribution in [3.63, 3.8) is 0 Å². The molecule has 3 heterocycles. The molecule has 0 spiro atoms. The maximum absolute atomic E-state index is 12.9. The molecule has 128 valence electrons. The van der Waals surface area contributed by atoms with E-state index in [2.05, 4.69) is 17.4 Å². The standard InChI is InChI=1S/C18H23N3O2S/c22-17-6-3-8-20(17)9-7-13-10-21(16-5-2-1-4-14(13)16)18(23)15-11-24-12-19-15/h1-2,4-5,13,15,19H,3,6-12H2/t13?,15-/m1/s1. The van der Waals surface area contributed by atoms with Gasteiger partial charge >= 0.3 is 0 Å². The number of hydrogen-bond donors (Lipinski definition) is 1. The van der Waals surface area contributed by atoms with Gasteiger partial charge in [0.1, 0.15) is 0 Å². The van der Waals surface area contributed by atoms with Crippen molar-refractivity contribution in [3.8, 4) is 0 Å². The average Bonchev–Trinajstić information content (AvgIpc) is 3.33. The van der Waals surface area contributed by atoms with E-state index in [1.807, 2.05) is 21.9 Å². The van der Waals surface area contributed by atoms with Gasteiger partial charge < -0.3 is 9.80 Å². The lowest BCUT2D eigenvalue weighted by molar-refractivity contribution is -0.127. The lowest BCUT2D eigenvalue weighted by Crippen LogP contribution is -2.44. The van der Waals surface area contributed by atoms with Crippen molar-refractivity contribution in [2.24, 2.45) is 0 Å². The summed E-state index contributed by atoms with van der Waals surface area (Å²) in [6, 6.07) is 8.17. The minimum atomic E-state index is -0.0676. The molecule has 1 N–H and O–H groups in total. The summed E-state index contributed by atoms with van der Waals surface area (Å²) in [5, 5.41) is 3.28. The fourth-order valence-corrected chi connectivity index (χ4v) is 4.88. The number of nitrogens with zero attached hydrogens (tertiary/aromatic N) is 2. The lowest BCUT2D eigenvalue weighted by atomic mass is 9.98. The summed E-state index contributed by atoms with van der Waals surface area (Å²) >= 11 is 1.78. The molecule has 4 rings (SSSR count). The topological polar surface area (TPSA) is 52.7 Å². The molecule has 0 radical (unpaired) electrons. The second kappa shape index (κ2) is 6.76. The second-order valence-electron chi connectivity index (χ2n) is 6.75. The molecule has 5 nitrogen and oxygen atoms in total. The van der Waals surface area contributed by atoms with Crippen LogP contribution in [0.15, 0.2) is 24.3 Å². The number of fused-ring (bicyclic) bond motifs is 1. The summed E-state index contributed by atoms with van der Waals surface area (Å²) < 4.78 is 0. The van der Waals surface area contributed by atoms with E-state index >= 15 is 0 Å². The first-order chi connectivity index (χ1) is 11.7. The van der Waals surface area contributed by atoms with Gasteiger partial charge in [0.2, 0.25) is 11.8 Å². The Labute approximate surface area is 146 Å². The van der Waals surface area contributed by atoms with E-state index in [9.17, 15) is 9.59 Å². The fourth-order valence-electron chi connectivity index (χ4n) is 3.95. The number of likely N-dealkylation sites (tertiary alicyclic amines) is 1. The number of hydrogen-bond acceptors (Lipinski definition) is 4. The molecular weight excluding hydrogens is 322 g/mol. The molecule has 24 heavy (non-hydrogen) atoms. The molecule has 1 aromatic carbocycles. The molecule has 2 atom stereocenters. The number of benzene rings is 1. The Morgan fingerprint density at radius 2 is 2.21 bits per heavy atom. The smallest absolute Gasteiger partial charge is 0.245 e. The normalized spacial score (nSPS) is 26.2. The van der Waals surface area contributed by atoms with E-state index in [0.717, 1.165) is 49.8 Å². The van der Waals surface area contributed by atoms with E-state index in [-0.39, 0.29) is 17.9 Å². The van der Waals surface area contributed by atoms with E-state index in [1.165, 1.54) is 5.56 Å². The van der Waals surface area contributed by atoms with Crippen LogP contribution < -0.4 is 10.2 Å². The number of para-hydroxylation sites is 1. The van der Waals surface area contributed by atoms with Crippen LogP contribution in [-0.2, 0) is 9.59 Å². The van der Waals surface area contributed by atoms with Crippen LogP contribution in [0.2, 0.25) is 0 Å². The largest absolute Gasteiger partial charge is 0.343 e.